The van der Waals surface area contributed by atoms with Crippen molar-refractivity contribution in [2.24, 2.45) is 0 Å². The van der Waals surface area contributed by atoms with Gasteiger partial charge in [-0.2, -0.15) is 4.31 Å². The van der Waals surface area contributed by atoms with Gasteiger partial charge in [-0.05, 0) is 19.5 Å². The molecule has 0 amide bonds. The zero-order valence-electron chi connectivity index (χ0n) is 11.2. The van der Waals surface area contributed by atoms with E-state index in [1.807, 2.05) is 6.92 Å². The lowest BCUT2D eigenvalue weighted by Gasteiger charge is -2.15. The summed E-state index contributed by atoms with van der Waals surface area (Å²) in [6.07, 6.45) is 1.52. The van der Waals surface area contributed by atoms with Crippen molar-refractivity contribution >= 4 is 10.0 Å². The predicted octanol–water partition coefficient (Wildman–Crippen LogP) is 1.32. The summed E-state index contributed by atoms with van der Waals surface area (Å²) in [5.41, 5.74) is 1.67. The van der Waals surface area contributed by atoms with Gasteiger partial charge in [0.2, 0.25) is 10.0 Å². The van der Waals surface area contributed by atoms with E-state index >= 15 is 0 Å². The van der Waals surface area contributed by atoms with E-state index in [2.05, 4.69) is 16.9 Å². The van der Waals surface area contributed by atoms with Gasteiger partial charge in [-0.25, -0.2) is 8.42 Å². The third kappa shape index (κ3) is 3.69. The molecule has 5 nitrogen and oxygen atoms in total. The lowest BCUT2D eigenvalue weighted by atomic mass is 10.4. The SMILES string of the molecule is C=C(C)CN(C)S(=O)(=O)c1c[nH]c(CNCC)c1. The molecule has 0 aromatic carbocycles. The minimum absolute atomic E-state index is 0.291. The molecule has 0 atom stereocenters. The van der Waals surface area contributed by atoms with Crippen LogP contribution in [0.15, 0.2) is 29.3 Å². The minimum atomic E-state index is -3.42. The van der Waals surface area contributed by atoms with Crippen molar-refractivity contribution in [1.29, 1.82) is 0 Å². The second-order valence-electron chi connectivity index (χ2n) is 4.36. The Kier molecular flexibility index (Phi) is 5.13. The van der Waals surface area contributed by atoms with Crippen LogP contribution in [-0.4, -0.2) is 37.8 Å². The van der Waals surface area contributed by atoms with Crippen molar-refractivity contribution in [3.8, 4) is 0 Å². The van der Waals surface area contributed by atoms with Crippen LogP contribution in [0.2, 0.25) is 0 Å². The molecule has 0 fully saturated rings. The molecule has 18 heavy (non-hydrogen) atoms. The van der Waals surface area contributed by atoms with Crippen molar-refractivity contribution in [3.63, 3.8) is 0 Å². The maximum Gasteiger partial charge on any atom is 0.244 e. The maximum absolute atomic E-state index is 12.2. The molecule has 1 rings (SSSR count). The zero-order chi connectivity index (χ0) is 13.8. The Bertz CT molecular complexity index is 505. The first-order chi connectivity index (χ1) is 8.37. The molecule has 1 heterocycles. The fraction of sp³-hybridized carbons (Fsp3) is 0.500. The molecular formula is C12H21N3O2S. The Morgan fingerprint density at radius 2 is 2.22 bits per heavy atom. The van der Waals surface area contributed by atoms with E-state index in [-0.39, 0.29) is 0 Å². The second kappa shape index (κ2) is 6.17. The Morgan fingerprint density at radius 3 is 2.78 bits per heavy atom. The highest BCUT2D eigenvalue weighted by atomic mass is 32.2. The summed E-state index contributed by atoms with van der Waals surface area (Å²) in [6, 6.07) is 1.66. The van der Waals surface area contributed by atoms with Gasteiger partial charge >= 0.3 is 0 Å². The number of nitrogens with one attached hydrogen (secondary N) is 2. The van der Waals surface area contributed by atoms with Crippen molar-refractivity contribution in [1.82, 2.24) is 14.6 Å². The Morgan fingerprint density at radius 1 is 1.56 bits per heavy atom. The largest absolute Gasteiger partial charge is 0.363 e. The van der Waals surface area contributed by atoms with Crippen LogP contribution in [0.25, 0.3) is 0 Å². The summed E-state index contributed by atoms with van der Waals surface area (Å²) in [4.78, 5) is 3.25. The highest BCUT2D eigenvalue weighted by Gasteiger charge is 2.21. The average Bonchev–Trinajstić information content (AvgIpc) is 2.74. The number of rotatable bonds is 7. The summed E-state index contributed by atoms with van der Waals surface area (Å²) in [5.74, 6) is 0. The highest BCUT2D eigenvalue weighted by Crippen LogP contribution is 2.16. The van der Waals surface area contributed by atoms with Gasteiger partial charge in [-0.1, -0.05) is 19.1 Å². The van der Waals surface area contributed by atoms with E-state index in [0.29, 0.717) is 18.0 Å². The van der Waals surface area contributed by atoms with Crippen molar-refractivity contribution in [2.45, 2.75) is 25.3 Å². The van der Waals surface area contributed by atoms with Crippen LogP contribution < -0.4 is 5.32 Å². The molecular weight excluding hydrogens is 250 g/mol. The molecule has 0 radical (unpaired) electrons. The standard InChI is InChI=1S/C12H21N3O2S/c1-5-13-7-11-6-12(8-14-11)18(16,17)15(4)9-10(2)3/h6,8,13-14H,2,5,7,9H2,1,3-4H3. The Balaban J connectivity index is 2.85. The fourth-order valence-electron chi connectivity index (χ4n) is 1.57. The summed E-state index contributed by atoms with van der Waals surface area (Å²) in [5, 5.41) is 3.14. The maximum atomic E-state index is 12.2. The highest BCUT2D eigenvalue weighted by molar-refractivity contribution is 7.89. The molecule has 0 unspecified atom stereocenters. The molecule has 0 aliphatic carbocycles. The predicted molar refractivity (Wildman–Crippen MR) is 72.8 cm³/mol. The third-order valence-electron chi connectivity index (χ3n) is 2.48. The Hall–Kier alpha value is -1.11. The first-order valence-corrected chi connectivity index (χ1v) is 7.30. The number of H-pyrrole nitrogens is 1. The average molecular weight is 271 g/mol. The van der Waals surface area contributed by atoms with E-state index in [1.165, 1.54) is 10.5 Å². The van der Waals surface area contributed by atoms with Crippen LogP contribution in [-0.2, 0) is 16.6 Å². The molecule has 1 aromatic heterocycles. The molecule has 0 saturated heterocycles. The number of hydrogen-bond acceptors (Lipinski definition) is 3. The van der Waals surface area contributed by atoms with Crippen LogP contribution >= 0.6 is 0 Å². The van der Waals surface area contributed by atoms with Crippen LogP contribution in [0.5, 0.6) is 0 Å². The van der Waals surface area contributed by atoms with E-state index in [1.54, 1.807) is 20.0 Å². The second-order valence-corrected chi connectivity index (χ2v) is 6.40. The van der Waals surface area contributed by atoms with E-state index in [0.717, 1.165) is 17.8 Å². The van der Waals surface area contributed by atoms with E-state index < -0.39 is 10.0 Å². The molecule has 102 valence electrons. The monoisotopic (exact) mass is 271 g/mol. The molecule has 0 bridgehead atoms. The van der Waals surface area contributed by atoms with Crippen molar-refractivity contribution in [2.75, 3.05) is 20.1 Å². The number of likely N-dealkylation sites (N-methyl/N-ethyl adjacent to an activating group) is 1. The van der Waals surface area contributed by atoms with Crippen LogP contribution in [0.3, 0.4) is 0 Å². The number of aromatic nitrogens is 1. The molecule has 0 aliphatic heterocycles. The molecule has 0 saturated carbocycles. The van der Waals surface area contributed by atoms with Crippen molar-refractivity contribution < 1.29 is 8.42 Å². The van der Waals surface area contributed by atoms with Gasteiger partial charge in [0.25, 0.3) is 0 Å². The van der Waals surface area contributed by atoms with Crippen LogP contribution in [0, 0.1) is 0 Å². The molecule has 1 aromatic rings. The number of aromatic amines is 1. The van der Waals surface area contributed by atoms with E-state index in [4.69, 9.17) is 0 Å². The van der Waals surface area contributed by atoms with Crippen LogP contribution in [0.1, 0.15) is 19.5 Å². The van der Waals surface area contributed by atoms with Gasteiger partial charge in [-0.3, -0.25) is 0 Å². The van der Waals surface area contributed by atoms with Gasteiger partial charge in [0, 0.05) is 32.0 Å². The first-order valence-electron chi connectivity index (χ1n) is 5.86. The quantitative estimate of drug-likeness (QED) is 0.735. The lowest BCUT2D eigenvalue weighted by Crippen LogP contribution is -2.28. The minimum Gasteiger partial charge on any atom is -0.363 e. The van der Waals surface area contributed by atoms with Gasteiger partial charge in [0.1, 0.15) is 0 Å². The van der Waals surface area contributed by atoms with Gasteiger partial charge in [-0.15, -0.1) is 0 Å². The molecule has 0 aliphatic rings. The number of nitrogens with zero attached hydrogens (tertiary/aromatic N) is 1. The lowest BCUT2D eigenvalue weighted by molar-refractivity contribution is 0.493. The first kappa shape index (κ1) is 14.9. The van der Waals surface area contributed by atoms with Gasteiger partial charge < -0.3 is 10.3 Å². The fourth-order valence-corrected chi connectivity index (χ4v) is 2.82. The summed E-state index contributed by atoms with van der Waals surface area (Å²) in [7, 11) is -1.87. The molecule has 6 heteroatoms. The molecule has 2 N–H and O–H groups in total. The summed E-state index contributed by atoms with van der Waals surface area (Å²) < 4.78 is 25.7. The zero-order valence-corrected chi connectivity index (χ0v) is 12.0. The summed E-state index contributed by atoms with van der Waals surface area (Å²) in [6.45, 7) is 9.34. The third-order valence-corrected chi connectivity index (χ3v) is 4.26. The number of sulfonamides is 1. The smallest absolute Gasteiger partial charge is 0.244 e. The van der Waals surface area contributed by atoms with Crippen LogP contribution in [0.4, 0.5) is 0 Å². The van der Waals surface area contributed by atoms with E-state index in [9.17, 15) is 8.42 Å². The normalized spacial score (nSPS) is 12.0. The Labute approximate surface area is 109 Å². The summed E-state index contributed by atoms with van der Waals surface area (Å²) >= 11 is 0. The topological polar surface area (TPSA) is 65.2 Å². The van der Waals surface area contributed by atoms with Gasteiger partial charge in [0.05, 0.1) is 4.90 Å². The molecule has 0 spiro atoms. The van der Waals surface area contributed by atoms with Gasteiger partial charge in [0.15, 0.2) is 0 Å². The number of hydrogen-bond donors (Lipinski definition) is 2. The van der Waals surface area contributed by atoms with Crippen molar-refractivity contribution in [3.05, 3.63) is 30.1 Å².